The minimum Gasteiger partial charge on any atom is -0.389 e. The van der Waals surface area contributed by atoms with Gasteiger partial charge < -0.3 is 5.11 Å². The monoisotopic (exact) mass is 258 g/mol. The molecule has 6 heteroatoms. The van der Waals surface area contributed by atoms with Crippen LogP contribution >= 0.6 is 11.8 Å². The van der Waals surface area contributed by atoms with Crippen molar-refractivity contribution in [3.63, 3.8) is 0 Å². The second kappa shape index (κ2) is 5.35. The maximum atomic E-state index is 10.2. The summed E-state index contributed by atoms with van der Waals surface area (Å²) in [7, 11) is 0. The lowest BCUT2D eigenvalue weighted by Crippen LogP contribution is -2.30. The van der Waals surface area contributed by atoms with E-state index in [1.54, 1.807) is 4.68 Å². The topological polar surface area (TPSA) is 63.8 Å². The third kappa shape index (κ3) is 3.67. The van der Waals surface area contributed by atoms with Crippen molar-refractivity contribution in [2.75, 3.05) is 5.75 Å². The fourth-order valence-electron chi connectivity index (χ4n) is 1.34. The third-order valence-corrected chi connectivity index (χ3v) is 4.06. The van der Waals surface area contributed by atoms with Crippen LogP contribution in [-0.2, 0) is 5.54 Å². The number of tetrazole rings is 1. The Balaban J connectivity index is 2.74. The maximum Gasteiger partial charge on any atom is 0.209 e. The van der Waals surface area contributed by atoms with Crippen molar-refractivity contribution >= 4 is 11.8 Å². The van der Waals surface area contributed by atoms with E-state index in [1.165, 1.54) is 11.8 Å². The summed E-state index contributed by atoms with van der Waals surface area (Å²) in [6.07, 6.45) is 1.49. The predicted octanol–water partition coefficient (Wildman–Crippen LogP) is 2.07. The van der Waals surface area contributed by atoms with Crippen LogP contribution in [0.5, 0.6) is 0 Å². The molecule has 5 nitrogen and oxygen atoms in total. The van der Waals surface area contributed by atoms with Gasteiger partial charge in [0.1, 0.15) is 0 Å². The molecule has 1 heterocycles. The Morgan fingerprint density at radius 1 is 1.24 bits per heavy atom. The van der Waals surface area contributed by atoms with Crippen LogP contribution in [0.15, 0.2) is 5.16 Å². The van der Waals surface area contributed by atoms with Gasteiger partial charge in [-0.05, 0) is 44.0 Å². The molecule has 1 rings (SSSR count). The molecule has 0 aliphatic heterocycles. The molecular formula is C11H22N4OS. The minimum atomic E-state index is -0.626. The number of thioether (sulfide) groups is 1. The first-order valence-electron chi connectivity index (χ1n) is 5.96. The largest absolute Gasteiger partial charge is 0.389 e. The Morgan fingerprint density at radius 3 is 2.29 bits per heavy atom. The molecule has 0 unspecified atom stereocenters. The van der Waals surface area contributed by atoms with Crippen molar-refractivity contribution in [3.8, 4) is 0 Å². The summed E-state index contributed by atoms with van der Waals surface area (Å²) >= 11 is 1.51. The lowest BCUT2D eigenvalue weighted by molar-refractivity contribution is 0.0570. The van der Waals surface area contributed by atoms with Gasteiger partial charge in [0.25, 0.3) is 0 Å². The van der Waals surface area contributed by atoms with Crippen LogP contribution in [-0.4, -0.2) is 36.7 Å². The predicted molar refractivity (Wildman–Crippen MR) is 69.1 cm³/mol. The van der Waals surface area contributed by atoms with Gasteiger partial charge in [-0.25, -0.2) is 4.68 Å². The number of aliphatic hydroxyl groups is 1. The Hall–Kier alpha value is -0.620. The zero-order valence-electron chi connectivity index (χ0n) is 11.3. The van der Waals surface area contributed by atoms with Crippen LogP contribution < -0.4 is 0 Å². The molecule has 0 aliphatic rings. The van der Waals surface area contributed by atoms with Gasteiger partial charge in [-0.15, -0.1) is 5.10 Å². The highest BCUT2D eigenvalue weighted by molar-refractivity contribution is 7.99. The number of aromatic nitrogens is 4. The van der Waals surface area contributed by atoms with Gasteiger partial charge in [-0.1, -0.05) is 25.6 Å². The van der Waals surface area contributed by atoms with Crippen LogP contribution in [0.3, 0.4) is 0 Å². The van der Waals surface area contributed by atoms with E-state index in [4.69, 9.17) is 0 Å². The van der Waals surface area contributed by atoms with Crippen molar-refractivity contribution in [1.82, 2.24) is 20.2 Å². The first-order valence-corrected chi connectivity index (χ1v) is 6.95. The summed E-state index contributed by atoms with van der Waals surface area (Å²) < 4.78 is 1.80. The Kier molecular flexibility index (Phi) is 4.55. The average Bonchev–Trinajstić information content (AvgIpc) is 2.74. The van der Waals surface area contributed by atoms with E-state index in [-0.39, 0.29) is 5.54 Å². The van der Waals surface area contributed by atoms with E-state index >= 15 is 0 Å². The van der Waals surface area contributed by atoms with E-state index in [0.717, 1.165) is 18.0 Å². The fourth-order valence-corrected chi connectivity index (χ4v) is 2.68. The molecule has 17 heavy (non-hydrogen) atoms. The van der Waals surface area contributed by atoms with Gasteiger partial charge in [0.15, 0.2) is 0 Å². The fraction of sp³-hybridized carbons (Fsp3) is 0.909. The summed E-state index contributed by atoms with van der Waals surface area (Å²) in [6, 6.07) is 0. The van der Waals surface area contributed by atoms with Gasteiger partial charge >= 0.3 is 0 Å². The summed E-state index contributed by atoms with van der Waals surface area (Å²) in [4.78, 5) is 0. The van der Waals surface area contributed by atoms with E-state index in [2.05, 4.69) is 36.3 Å². The Bertz CT molecular complexity index is 355. The van der Waals surface area contributed by atoms with Gasteiger partial charge in [0.05, 0.1) is 11.1 Å². The molecule has 0 atom stereocenters. The first-order chi connectivity index (χ1) is 7.82. The van der Waals surface area contributed by atoms with Gasteiger partial charge in [-0.2, -0.15) is 0 Å². The normalized spacial score (nSPS) is 13.1. The van der Waals surface area contributed by atoms with Crippen molar-refractivity contribution in [2.45, 2.75) is 63.8 Å². The molecule has 0 aromatic carbocycles. The molecule has 0 bridgehead atoms. The molecule has 1 aromatic heterocycles. The molecular weight excluding hydrogens is 236 g/mol. The second-order valence-corrected chi connectivity index (χ2v) is 6.21. The van der Waals surface area contributed by atoms with E-state index in [0.29, 0.717) is 5.75 Å². The lowest BCUT2D eigenvalue weighted by atomic mass is 10.0. The highest BCUT2D eigenvalue weighted by Gasteiger charge is 2.26. The highest BCUT2D eigenvalue weighted by atomic mass is 32.2. The number of hydrogen-bond acceptors (Lipinski definition) is 5. The summed E-state index contributed by atoms with van der Waals surface area (Å²) in [6.45, 7) is 10.2. The van der Waals surface area contributed by atoms with Gasteiger partial charge in [0.2, 0.25) is 5.16 Å². The van der Waals surface area contributed by atoms with Gasteiger partial charge in [-0.3, -0.25) is 0 Å². The molecule has 1 aromatic rings. The zero-order chi connectivity index (χ0) is 13.1. The standard InChI is InChI=1S/C11H22N4OS/c1-6-11(16,7-2)8-17-9-12-13-14-15(9)10(3,4)5/h16H,6-8H2,1-5H3. The molecule has 98 valence electrons. The first kappa shape index (κ1) is 14.4. The zero-order valence-corrected chi connectivity index (χ0v) is 12.1. The molecule has 0 amide bonds. The van der Waals surface area contributed by atoms with Crippen LogP contribution in [0.2, 0.25) is 0 Å². The Morgan fingerprint density at radius 2 is 1.82 bits per heavy atom. The quantitative estimate of drug-likeness (QED) is 0.819. The molecule has 0 saturated heterocycles. The number of hydrogen-bond donors (Lipinski definition) is 1. The summed E-state index contributed by atoms with van der Waals surface area (Å²) in [5.74, 6) is 0.621. The molecule has 0 saturated carbocycles. The smallest absolute Gasteiger partial charge is 0.209 e. The molecule has 0 fully saturated rings. The van der Waals surface area contributed by atoms with Crippen molar-refractivity contribution in [3.05, 3.63) is 0 Å². The second-order valence-electron chi connectivity index (χ2n) is 5.26. The van der Waals surface area contributed by atoms with E-state index < -0.39 is 5.60 Å². The van der Waals surface area contributed by atoms with Crippen LogP contribution in [0.4, 0.5) is 0 Å². The van der Waals surface area contributed by atoms with Crippen LogP contribution in [0.25, 0.3) is 0 Å². The average molecular weight is 258 g/mol. The van der Waals surface area contributed by atoms with Crippen molar-refractivity contribution < 1.29 is 5.11 Å². The van der Waals surface area contributed by atoms with Gasteiger partial charge in [0, 0.05) is 5.75 Å². The highest BCUT2D eigenvalue weighted by Crippen LogP contribution is 2.27. The Labute approximate surface area is 107 Å². The maximum absolute atomic E-state index is 10.2. The van der Waals surface area contributed by atoms with Crippen LogP contribution in [0.1, 0.15) is 47.5 Å². The minimum absolute atomic E-state index is 0.137. The SMILES string of the molecule is CCC(O)(CC)CSc1nnnn1C(C)(C)C. The molecule has 0 radical (unpaired) electrons. The third-order valence-electron chi connectivity index (χ3n) is 2.86. The van der Waals surface area contributed by atoms with E-state index in [1.807, 2.05) is 13.8 Å². The molecule has 0 aliphatic carbocycles. The number of nitrogens with zero attached hydrogens (tertiary/aromatic N) is 4. The summed E-state index contributed by atoms with van der Waals surface area (Å²) in [5, 5.41) is 22.7. The molecule has 1 N–H and O–H groups in total. The summed E-state index contributed by atoms with van der Waals surface area (Å²) in [5.41, 5.74) is -0.762. The molecule has 0 spiro atoms. The number of rotatable bonds is 5. The van der Waals surface area contributed by atoms with E-state index in [9.17, 15) is 5.11 Å². The van der Waals surface area contributed by atoms with Crippen LogP contribution in [0, 0.1) is 0 Å². The lowest BCUT2D eigenvalue weighted by Gasteiger charge is -2.25. The van der Waals surface area contributed by atoms with Crippen molar-refractivity contribution in [2.24, 2.45) is 0 Å². The van der Waals surface area contributed by atoms with Crippen molar-refractivity contribution in [1.29, 1.82) is 0 Å².